The van der Waals surface area contributed by atoms with E-state index in [4.69, 9.17) is 10.6 Å². The second-order valence-electron chi connectivity index (χ2n) is 4.63. The minimum atomic E-state index is -0.129. The molecule has 0 fully saturated rings. The summed E-state index contributed by atoms with van der Waals surface area (Å²) in [6.07, 6.45) is 8.06. The first-order valence-electron chi connectivity index (χ1n) is 6.70. The summed E-state index contributed by atoms with van der Waals surface area (Å²) in [5.74, 6) is 6.48. The summed E-state index contributed by atoms with van der Waals surface area (Å²) in [5.41, 5.74) is 5.96. The van der Waals surface area contributed by atoms with Crippen LogP contribution >= 0.6 is 0 Å². The number of hydrogen-bond donors (Lipinski definition) is 2. The highest BCUT2D eigenvalue weighted by Gasteiger charge is 2.15. The predicted octanol–water partition coefficient (Wildman–Crippen LogP) is 2.13. The van der Waals surface area contributed by atoms with Gasteiger partial charge in [0.2, 0.25) is 0 Å². The zero-order chi connectivity index (χ0) is 14.4. The fraction of sp³-hybridized carbons (Fsp3) is 0.333. The van der Waals surface area contributed by atoms with Gasteiger partial charge in [0.15, 0.2) is 0 Å². The van der Waals surface area contributed by atoms with Gasteiger partial charge >= 0.3 is 0 Å². The molecule has 5 nitrogen and oxygen atoms in total. The molecular formula is C15H20N4O. The van der Waals surface area contributed by atoms with Crippen molar-refractivity contribution < 1.29 is 4.74 Å². The Hall–Kier alpha value is -1.98. The van der Waals surface area contributed by atoms with Gasteiger partial charge in [-0.1, -0.05) is 6.92 Å². The number of hydrazine groups is 1. The summed E-state index contributed by atoms with van der Waals surface area (Å²) in [6.45, 7) is 4.76. The van der Waals surface area contributed by atoms with E-state index in [0.717, 1.165) is 28.9 Å². The van der Waals surface area contributed by atoms with Crippen molar-refractivity contribution in [2.45, 2.75) is 26.3 Å². The third-order valence-corrected chi connectivity index (χ3v) is 3.08. The van der Waals surface area contributed by atoms with Gasteiger partial charge in [0, 0.05) is 18.6 Å². The van der Waals surface area contributed by atoms with Gasteiger partial charge < -0.3 is 4.74 Å². The summed E-state index contributed by atoms with van der Waals surface area (Å²) in [5, 5.41) is 0. The first kappa shape index (κ1) is 14.4. The van der Waals surface area contributed by atoms with Crippen molar-refractivity contribution in [3.8, 4) is 5.75 Å². The van der Waals surface area contributed by atoms with Gasteiger partial charge in [-0.15, -0.1) is 0 Å². The molecule has 0 bridgehead atoms. The maximum Gasteiger partial charge on any atom is 0.137 e. The lowest BCUT2D eigenvalue weighted by atomic mass is 9.98. The van der Waals surface area contributed by atoms with Crippen molar-refractivity contribution >= 4 is 0 Å². The van der Waals surface area contributed by atoms with E-state index in [1.807, 2.05) is 25.3 Å². The normalized spacial score (nSPS) is 12.2. The van der Waals surface area contributed by atoms with Crippen molar-refractivity contribution in [1.82, 2.24) is 15.4 Å². The Kier molecular flexibility index (Phi) is 5.03. The van der Waals surface area contributed by atoms with Gasteiger partial charge in [-0.2, -0.15) is 0 Å². The summed E-state index contributed by atoms with van der Waals surface area (Å²) in [7, 11) is 0. The minimum Gasteiger partial charge on any atom is -0.492 e. The molecule has 0 spiro atoms. The van der Waals surface area contributed by atoms with Gasteiger partial charge in [-0.3, -0.25) is 15.8 Å². The van der Waals surface area contributed by atoms with E-state index in [9.17, 15) is 0 Å². The Morgan fingerprint density at radius 1 is 1.30 bits per heavy atom. The van der Waals surface area contributed by atoms with Crippen LogP contribution in [0.5, 0.6) is 5.75 Å². The molecule has 2 aromatic heterocycles. The van der Waals surface area contributed by atoms with Crippen LogP contribution in [0.1, 0.15) is 36.1 Å². The smallest absolute Gasteiger partial charge is 0.137 e. The molecule has 0 saturated heterocycles. The molecule has 0 aliphatic heterocycles. The van der Waals surface area contributed by atoms with Crippen LogP contribution in [-0.2, 0) is 0 Å². The predicted molar refractivity (Wildman–Crippen MR) is 78.2 cm³/mol. The van der Waals surface area contributed by atoms with Crippen LogP contribution in [0.3, 0.4) is 0 Å². The van der Waals surface area contributed by atoms with E-state index in [0.29, 0.717) is 6.61 Å². The highest BCUT2D eigenvalue weighted by molar-refractivity contribution is 5.36. The molecular weight excluding hydrogens is 252 g/mol. The molecule has 3 N–H and O–H groups in total. The first-order chi connectivity index (χ1) is 9.76. The number of aryl methyl sites for hydroxylation is 1. The van der Waals surface area contributed by atoms with Crippen LogP contribution < -0.4 is 16.0 Å². The van der Waals surface area contributed by atoms with Gasteiger partial charge in [0.25, 0.3) is 0 Å². The molecule has 0 radical (unpaired) electrons. The maximum absolute atomic E-state index is 5.72. The minimum absolute atomic E-state index is 0.129. The number of hydrogen-bond acceptors (Lipinski definition) is 5. The fourth-order valence-electron chi connectivity index (χ4n) is 2.07. The fourth-order valence-corrected chi connectivity index (χ4v) is 2.07. The SMILES string of the molecule is CCCOc1cncc(C(NN)c2ccncc2C)c1. The summed E-state index contributed by atoms with van der Waals surface area (Å²) < 4.78 is 5.61. The Morgan fingerprint density at radius 3 is 2.85 bits per heavy atom. The van der Waals surface area contributed by atoms with Crippen molar-refractivity contribution in [1.29, 1.82) is 0 Å². The van der Waals surface area contributed by atoms with E-state index in [2.05, 4.69) is 22.3 Å². The quantitative estimate of drug-likeness (QED) is 0.622. The third kappa shape index (κ3) is 3.31. The second-order valence-corrected chi connectivity index (χ2v) is 4.63. The molecule has 2 aromatic rings. The van der Waals surface area contributed by atoms with E-state index >= 15 is 0 Å². The lowest BCUT2D eigenvalue weighted by Crippen LogP contribution is -2.29. The molecule has 0 saturated carbocycles. The number of rotatable bonds is 6. The molecule has 2 rings (SSSR count). The topological polar surface area (TPSA) is 73.1 Å². The average Bonchev–Trinajstić information content (AvgIpc) is 2.48. The molecule has 0 aliphatic carbocycles. The Labute approximate surface area is 119 Å². The van der Waals surface area contributed by atoms with Crippen molar-refractivity contribution in [2.75, 3.05) is 6.61 Å². The summed E-state index contributed by atoms with van der Waals surface area (Å²) >= 11 is 0. The van der Waals surface area contributed by atoms with Crippen LogP contribution in [0, 0.1) is 6.92 Å². The molecule has 0 aromatic carbocycles. The van der Waals surface area contributed by atoms with Crippen LogP contribution in [0.4, 0.5) is 0 Å². The van der Waals surface area contributed by atoms with Crippen molar-refractivity contribution in [3.63, 3.8) is 0 Å². The van der Waals surface area contributed by atoms with Gasteiger partial charge in [0.05, 0.1) is 18.8 Å². The monoisotopic (exact) mass is 272 g/mol. The highest BCUT2D eigenvalue weighted by atomic mass is 16.5. The molecule has 1 unspecified atom stereocenters. The highest BCUT2D eigenvalue weighted by Crippen LogP contribution is 2.25. The average molecular weight is 272 g/mol. The summed E-state index contributed by atoms with van der Waals surface area (Å²) in [4.78, 5) is 8.33. The van der Waals surface area contributed by atoms with Crippen LogP contribution in [0.15, 0.2) is 36.9 Å². The third-order valence-electron chi connectivity index (χ3n) is 3.08. The van der Waals surface area contributed by atoms with Crippen LogP contribution in [0.25, 0.3) is 0 Å². The number of pyridine rings is 2. The van der Waals surface area contributed by atoms with Gasteiger partial charge in [-0.25, -0.2) is 5.43 Å². The van der Waals surface area contributed by atoms with Gasteiger partial charge in [0.1, 0.15) is 5.75 Å². The zero-order valence-electron chi connectivity index (χ0n) is 11.8. The van der Waals surface area contributed by atoms with Crippen molar-refractivity contribution in [2.24, 2.45) is 5.84 Å². The lowest BCUT2D eigenvalue weighted by Gasteiger charge is -2.19. The first-order valence-corrected chi connectivity index (χ1v) is 6.70. The van der Waals surface area contributed by atoms with E-state index < -0.39 is 0 Å². The second kappa shape index (κ2) is 6.98. The van der Waals surface area contributed by atoms with E-state index in [1.54, 1.807) is 18.6 Å². The standard InChI is InChI=1S/C15H20N4O/c1-3-6-20-13-7-12(9-18-10-13)15(19-16)14-4-5-17-8-11(14)2/h4-5,7-10,15,19H,3,6,16H2,1-2H3. The molecule has 106 valence electrons. The number of nitrogens with one attached hydrogen (secondary N) is 1. The number of aromatic nitrogens is 2. The lowest BCUT2D eigenvalue weighted by molar-refractivity contribution is 0.315. The number of nitrogens with zero attached hydrogens (tertiary/aromatic N) is 2. The van der Waals surface area contributed by atoms with Crippen molar-refractivity contribution in [3.05, 3.63) is 53.6 Å². The van der Waals surface area contributed by atoms with E-state index in [-0.39, 0.29) is 6.04 Å². The number of ether oxygens (including phenoxy) is 1. The zero-order valence-corrected chi connectivity index (χ0v) is 11.8. The molecule has 5 heteroatoms. The largest absolute Gasteiger partial charge is 0.492 e. The maximum atomic E-state index is 5.72. The molecule has 0 amide bonds. The Morgan fingerprint density at radius 2 is 2.15 bits per heavy atom. The summed E-state index contributed by atoms with van der Waals surface area (Å²) in [6, 6.07) is 3.79. The molecule has 0 aliphatic rings. The molecule has 2 heterocycles. The number of nitrogens with two attached hydrogens (primary N) is 1. The molecule has 20 heavy (non-hydrogen) atoms. The Balaban J connectivity index is 2.30. The van der Waals surface area contributed by atoms with Crippen LogP contribution in [0.2, 0.25) is 0 Å². The molecule has 1 atom stereocenters. The Bertz CT molecular complexity index is 559. The van der Waals surface area contributed by atoms with Gasteiger partial charge in [-0.05, 0) is 42.2 Å². The van der Waals surface area contributed by atoms with E-state index in [1.165, 1.54) is 0 Å². The van der Waals surface area contributed by atoms with Crippen LogP contribution in [-0.4, -0.2) is 16.6 Å².